The van der Waals surface area contributed by atoms with Crippen molar-refractivity contribution >= 4 is 11.8 Å². The van der Waals surface area contributed by atoms with Crippen molar-refractivity contribution in [3.05, 3.63) is 11.6 Å². The van der Waals surface area contributed by atoms with E-state index in [9.17, 15) is 9.59 Å². The molecule has 1 aliphatic rings. The Kier molecular flexibility index (Phi) is 4.13. The second-order valence-electron chi connectivity index (χ2n) is 4.83. The van der Waals surface area contributed by atoms with Crippen molar-refractivity contribution in [1.29, 1.82) is 0 Å². The third-order valence-electron chi connectivity index (χ3n) is 2.96. The first-order chi connectivity index (χ1) is 9.11. The smallest absolute Gasteiger partial charge is 0.293 e. The summed E-state index contributed by atoms with van der Waals surface area (Å²) in [5.41, 5.74) is 0. The van der Waals surface area contributed by atoms with Crippen LogP contribution in [0, 0.1) is 0 Å². The molecule has 1 aromatic heterocycles. The number of aromatic amines is 1. The lowest BCUT2D eigenvalue weighted by atomic mass is 10.4. The van der Waals surface area contributed by atoms with Gasteiger partial charge in [0.25, 0.3) is 5.91 Å². The molecule has 0 spiro atoms. The Balaban J connectivity index is 1.88. The van der Waals surface area contributed by atoms with Gasteiger partial charge in [0.1, 0.15) is 5.82 Å². The van der Waals surface area contributed by atoms with Crippen LogP contribution in [0.2, 0.25) is 0 Å². The number of carbonyl (C=O) groups excluding carboxylic acids is 2. The summed E-state index contributed by atoms with van der Waals surface area (Å²) >= 11 is 0. The fraction of sp³-hybridized carbons (Fsp3) is 0.667. The van der Waals surface area contributed by atoms with Gasteiger partial charge in [0.05, 0.1) is 6.54 Å². The van der Waals surface area contributed by atoms with Crippen LogP contribution < -0.4 is 5.32 Å². The highest BCUT2D eigenvalue weighted by Gasteiger charge is 2.28. The number of hydrogen-bond acceptors (Lipinski definition) is 4. The summed E-state index contributed by atoms with van der Waals surface area (Å²) in [6.45, 7) is 2.61. The first kappa shape index (κ1) is 13.5. The molecular formula is C12H19N5O2. The van der Waals surface area contributed by atoms with E-state index in [1.807, 2.05) is 6.92 Å². The SMILES string of the molecule is CCCNC(=O)CN(C)C(=O)c1n[nH]c(C2CC2)n1. The largest absolute Gasteiger partial charge is 0.355 e. The average Bonchev–Trinajstić information content (AvgIpc) is 3.13. The van der Waals surface area contributed by atoms with Crippen molar-refractivity contribution in [2.45, 2.75) is 32.1 Å². The van der Waals surface area contributed by atoms with Crippen molar-refractivity contribution in [3.8, 4) is 0 Å². The maximum Gasteiger partial charge on any atom is 0.293 e. The van der Waals surface area contributed by atoms with Crippen molar-refractivity contribution < 1.29 is 9.59 Å². The van der Waals surface area contributed by atoms with Crippen LogP contribution in [0.1, 0.15) is 48.5 Å². The summed E-state index contributed by atoms with van der Waals surface area (Å²) in [7, 11) is 1.57. The van der Waals surface area contributed by atoms with E-state index < -0.39 is 0 Å². The molecule has 2 amide bonds. The number of nitrogens with zero attached hydrogens (tertiary/aromatic N) is 3. The van der Waals surface area contributed by atoms with Gasteiger partial charge in [0.2, 0.25) is 11.7 Å². The molecule has 0 bridgehead atoms. The van der Waals surface area contributed by atoms with E-state index in [1.165, 1.54) is 4.90 Å². The first-order valence-corrected chi connectivity index (χ1v) is 6.56. The number of likely N-dealkylation sites (N-methyl/N-ethyl adjacent to an activating group) is 1. The van der Waals surface area contributed by atoms with Crippen LogP contribution in [0.25, 0.3) is 0 Å². The Hall–Kier alpha value is -1.92. The maximum absolute atomic E-state index is 12.0. The fourth-order valence-corrected chi connectivity index (χ4v) is 1.69. The number of amides is 2. The topological polar surface area (TPSA) is 91.0 Å². The highest BCUT2D eigenvalue weighted by atomic mass is 16.2. The van der Waals surface area contributed by atoms with Gasteiger partial charge in [-0.3, -0.25) is 14.7 Å². The zero-order valence-corrected chi connectivity index (χ0v) is 11.3. The number of carbonyl (C=O) groups is 2. The van der Waals surface area contributed by atoms with E-state index in [-0.39, 0.29) is 24.2 Å². The zero-order valence-electron chi connectivity index (χ0n) is 11.3. The highest BCUT2D eigenvalue weighted by Crippen LogP contribution is 2.37. The van der Waals surface area contributed by atoms with Gasteiger partial charge in [-0.25, -0.2) is 4.98 Å². The molecule has 0 aliphatic heterocycles. The van der Waals surface area contributed by atoms with Crippen LogP contribution in [-0.2, 0) is 4.79 Å². The van der Waals surface area contributed by atoms with E-state index in [0.29, 0.717) is 12.5 Å². The fourth-order valence-electron chi connectivity index (χ4n) is 1.69. The Bertz CT molecular complexity index is 466. The quantitative estimate of drug-likeness (QED) is 0.773. The van der Waals surface area contributed by atoms with E-state index in [0.717, 1.165) is 25.1 Å². The van der Waals surface area contributed by atoms with Gasteiger partial charge >= 0.3 is 0 Å². The molecule has 19 heavy (non-hydrogen) atoms. The van der Waals surface area contributed by atoms with Crippen LogP contribution >= 0.6 is 0 Å². The van der Waals surface area contributed by atoms with Gasteiger partial charge in [-0.1, -0.05) is 6.92 Å². The van der Waals surface area contributed by atoms with Gasteiger partial charge in [-0.2, -0.15) is 0 Å². The molecule has 0 saturated heterocycles. The van der Waals surface area contributed by atoms with Crippen molar-refractivity contribution in [1.82, 2.24) is 25.4 Å². The Morgan fingerprint density at radius 2 is 2.21 bits per heavy atom. The monoisotopic (exact) mass is 265 g/mol. The van der Waals surface area contributed by atoms with Gasteiger partial charge in [-0.15, -0.1) is 5.10 Å². The van der Waals surface area contributed by atoms with Crippen molar-refractivity contribution in [3.63, 3.8) is 0 Å². The van der Waals surface area contributed by atoms with Crippen molar-refractivity contribution in [2.75, 3.05) is 20.1 Å². The molecule has 0 radical (unpaired) electrons. The van der Waals surface area contributed by atoms with E-state index in [1.54, 1.807) is 7.05 Å². The summed E-state index contributed by atoms with van der Waals surface area (Å²) in [6.07, 6.45) is 3.06. The molecule has 7 nitrogen and oxygen atoms in total. The Labute approximate surface area is 111 Å². The lowest BCUT2D eigenvalue weighted by Crippen LogP contribution is -2.38. The molecule has 0 atom stereocenters. The molecule has 2 rings (SSSR count). The molecule has 1 fully saturated rings. The molecule has 2 N–H and O–H groups in total. The zero-order chi connectivity index (χ0) is 13.8. The lowest BCUT2D eigenvalue weighted by Gasteiger charge is -2.14. The van der Waals surface area contributed by atoms with Crippen LogP contribution in [0.15, 0.2) is 0 Å². The normalized spacial score (nSPS) is 14.2. The van der Waals surface area contributed by atoms with Crippen LogP contribution in [0.5, 0.6) is 0 Å². The summed E-state index contributed by atoms with van der Waals surface area (Å²) in [4.78, 5) is 29.0. The molecule has 1 aliphatic carbocycles. The predicted octanol–water partition coefficient (Wildman–Crippen LogP) is 0.280. The Morgan fingerprint density at radius 3 is 2.84 bits per heavy atom. The highest BCUT2D eigenvalue weighted by molar-refractivity contribution is 5.93. The second kappa shape index (κ2) is 5.81. The molecular weight excluding hydrogens is 246 g/mol. The summed E-state index contributed by atoms with van der Waals surface area (Å²) < 4.78 is 0. The summed E-state index contributed by atoms with van der Waals surface area (Å²) in [6, 6.07) is 0. The van der Waals surface area contributed by atoms with E-state index in [2.05, 4.69) is 20.5 Å². The van der Waals surface area contributed by atoms with Crippen LogP contribution in [0.4, 0.5) is 0 Å². The van der Waals surface area contributed by atoms with E-state index >= 15 is 0 Å². The van der Waals surface area contributed by atoms with Crippen LogP contribution in [0.3, 0.4) is 0 Å². The van der Waals surface area contributed by atoms with Gasteiger partial charge in [-0.05, 0) is 19.3 Å². The summed E-state index contributed by atoms with van der Waals surface area (Å²) in [5, 5.41) is 9.41. The minimum atomic E-state index is -0.338. The lowest BCUT2D eigenvalue weighted by molar-refractivity contribution is -0.121. The molecule has 0 unspecified atom stereocenters. The number of rotatable bonds is 6. The minimum absolute atomic E-state index is 0.0200. The standard InChI is InChI=1S/C12H19N5O2/c1-3-6-13-9(18)7-17(2)12(19)11-14-10(15-16-11)8-4-5-8/h8H,3-7H2,1-2H3,(H,13,18)(H,14,15,16). The van der Waals surface area contributed by atoms with Gasteiger partial charge in [0, 0.05) is 19.5 Å². The molecule has 0 aromatic carbocycles. The third kappa shape index (κ3) is 3.52. The Morgan fingerprint density at radius 1 is 1.47 bits per heavy atom. The number of aromatic nitrogens is 3. The summed E-state index contributed by atoms with van der Waals surface area (Å²) in [5.74, 6) is 0.817. The molecule has 1 heterocycles. The number of nitrogens with one attached hydrogen (secondary N) is 2. The van der Waals surface area contributed by atoms with Crippen molar-refractivity contribution in [2.24, 2.45) is 0 Å². The predicted molar refractivity (Wildman–Crippen MR) is 68.6 cm³/mol. The maximum atomic E-state index is 12.0. The minimum Gasteiger partial charge on any atom is -0.355 e. The van der Waals surface area contributed by atoms with Crippen LogP contribution in [-0.4, -0.2) is 52.0 Å². The van der Waals surface area contributed by atoms with Gasteiger partial charge in [0.15, 0.2) is 0 Å². The average molecular weight is 265 g/mol. The second-order valence-corrected chi connectivity index (χ2v) is 4.83. The molecule has 1 saturated carbocycles. The number of hydrogen-bond donors (Lipinski definition) is 2. The molecule has 1 aromatic rings. The van der Waals surface area contributed by atoms with Gasteiger partial charge < -0.3 is 10.2 Å². The third-order valence-corrected chi connectivity index (χ3v) is 2.96. The number of H-pyrrole nitrogens is 1. The first-order valence-electron chi connectivity index (χ1n) is 6.56. The molecule has 104 valence electrons. The van der Waals surface area contributed by atoms with E-state index in [4.69, 9.17) is 0 Å². The molecule has 7 heteroatoms.